The summed E-state index contributed by atoms with van der Waals surface area (Å²) < 4.78 is 24.1. The summed E-state index contributed by atoms with van der Waals surface area (Å²) in [6.45, 7) is 4.49. The Labute approximate surface area is 208 Å². The maximum atomic E-state index is 5.97. The van der Waals surface area contributed by atoms with Gasteiger partial charge in [-0.15, -0.1) is 6.58 Å². The van der Waals surface area contributed by atoms with Crippen molar-refractivity contribution in [2.45, 2.75) is 6.42 Å². The van der Waals surface area contributed by atoms with Gasteiger partial charge in [0.05, 0.1) is 30.7 Å². The van der Waals surface area contributed by atoms with Crippen molar-refractivity contribution in [3.8, 4) is 23.0 Å². The van der Waals surface area contributed by atoms with Gasteiger partial charge in [-0.2, -0.15) is 5.10 Å². The van der Waals surface area contributed by atoms with Crippen LogP contribution in [0.2, 0.25) is 0 Å². The lowest BCUT2D eigenvalue weighted by Crippen LogP contribution is -2.11. The van der Waals surface area contributed by atoms with Crippen LogP contribution in [0.5, 0.6) is 23.0 Å². The maximum absolute atomic E-state index is 5.97. The molecule has 35 heavy (non-hydrogen) atoms. The van der Waals surface area contributed by atoms with Crippen molar-refractivity contribution in [1.29, 1.82) is 0 Å². The van der Waals surface area contributed by atoms with Crippen LogP contribution in [0.15, 0.2) is 78.4 Å². The second kappa shape index (κ2) is 11.9. The lowest BCUT2D eigenvalue weighted by atomic mass is 10.1. The Morgan fingerprint density at radius 3 is 2.40 bits per heavy atom. The van der Waals surface area contributed by atoms with E-state index >= 15 is 0 Å². The van der Waals surface area contributed by atoms with Gasteiger partial charge < -0.3 is 18.9 Å². The van der Waals surface area contributed by atoms with Gasteiger partial charge in [0.25, 0.3) is 0 Å². The Hall–Kier alpha value is -4.04. The summed E-state index contributed by atoms with van der Waals surface area (Å²) in [6, 6.07) is 19.5. The van der Waals surface area contributed by atoms with Crippen LogP contribution in [0.1, 0.15) is 11.1 Å². The van der Waals surface area contributed by atoms with Crippen LogP contribution in [0, 0.1) is 0 Å². The zero-order chi connectivity index (χ0) is 24.5. The highest BCUT2D eigenvalue weighted by molar-refractivity contribution is 7.22. The van der Waals surface area contributed by atoms with E-state index in [1.54, 1.807) is 31.8 Å². The van der Waals surface area contributed by atoms with Crippen molar-refractivity contribution in [3.63, 3.8) is 0 Å². The predicted octanol–water partition coefficient (Wildman–Crippen LogP) is 5.95. The molecule has 1 N–H and O–H groups in total. The van der Waals surface area contributed by atoms with Gasteiger partial charge in [0.15, 0.2) is 11.5 Å². The Kier molecular flexibility index (Phi) is 8.19. The van der Waals surface area contributed by atoms with Crippen LogP contribution < -0.4 is 24.4 Å². The number of nitrogens with zero attached hydrogens (tertiary/aromatic N) is 2. The molecule has 0 fully saturated rings. The molecule has 0 bridgehead atoms. The fourth-order valence-electron chi connectivity index (χ4n) is 3.46. The molecule has 0 amide bonds. The summed E-state index contributed by atoms with van der Waals surface area (Å²) in [4.78, 5) is 4.51. The number of hydrogen-bond acceptors (Lipinski definition) is 8. The summed E-state index contributed by atoms with van der Waals surface area (Å²) in [5.74, 6) is 2.41. The molecule has 0 radical (unpaired) electrons. The summed E-state index contributed by atoms with van der Waals surface area (Å²) >= 11 is 1.54. The molecule has 4 rings (SSSR count). The van der Waals surface area contributed by atoms with Crippen molar-refractivity contribution >= 4 is 32.9 Å². The molecule has 0 aliphatic rings. The van der Waals surface area contributed by atoms with Gasteiger partial charge in [-0.1, -0.05) is 47.7 Å². The van der Waals surface area contributed by atoms with Gasteiger partial charge in [0.1, 0.15) is 19.0 Å². The molecule has 180 valence electrons. The Morgan fingerprint density at radius 1 is 0.943 bits per heavy atom. The fraction of sp³-hybridized carbons (Fsp3) is 0.185. The minimum atomic E-state index is 0.321. The van der Waals surface area contributed by atoms with Gasteiger partial charge in [0.2, 0.25) is 10.9 Å². The first-order valence-corrected chi connectivity index (χ1v) is 11.9. The number of para-hydroxylation sites is 2. The summed E-state index contributed by atoms with van der Waals surface area (Å²) in [5, 5.41) is 5.03. The smallest absolute Gasteiger partial charge is 0.204 e. The molecule has 0 saturated heterocycles. The van der Waals surface area contributed by atoms with Crippen LogP contribution in [-0.4, -0.2) is 38.6 Å². The van der Waals surface area contributed by atoms with E-state index in [0.717, 1.165) is 38.6 Å². The molecule has 3 aromatic carbocycles. The number of fused-ring (bicyclic) bond motifs is 1. The number of aromatic nitrogens is 1. The Bertz CT molecular complexity index is 1260. The number of rotatable bonds is 12. The van der Waals surface area contributed by atoms with Crippen LogP contribution >= 0.6 is 11.3 Å². The third kappa shape index (κ3) is 6.10. The van der Waals surface area contributed by atoms with E-state index in [1.807, 2.05) is 66.7 Å². The highest BCUT2D eigenvalue weighted by atomic mass is 32.1. The average Bonchev–Trinajstić information content (AvgIpc) is 3.30. The largest absolute Gasteiger partial charge is 0.493 e. The van der Waals surface area contributed by atoms with E-state index in [-0.39, 0.29) is 0 Å². The van der Waals surface area contributed by atoms with Crippen LogP contribution in [0.4, 0.5) is 5.13 Å². The lowest BCUT2D eigenvalue weighted by Gasteiger charge is -2.16. The number of anilines is 1. The van der Waals surface area contributed by atoms with E-state index < -0.39 is 0 Å². The maximum Gasteiger partial charge on any atom is 0.204 e. The Balaban J connectivity index is 1.40. The van der Waals surface area contributed by atoms with E-state index in [2.05, 4.69) is 22.1 Å². The first-order valence-electron chi connectivity index (χ1n) is 11.1. The number of nitrogens with one attached hydrogen (secondary N) is 1. The van der Waals surface area contributed by atoms with Crippen molar-refractivity contribution in [2.24, 2.45) is 5.10 Å². The molecule has 0 spiro atoms. The first kappa shape index (κ1) is 24.1. The standard InChI is InChI=1S/C27H27N3O4S/c1-4-9-20-10-5-7-12-22(20)33-14-15-34-26-23(31-2)16-19(17-24(26)32-3)18-28-30-27-29-21-11-6-8-13-25(21)35-27/h4-8,10-13,16-18H,1,9,14-15H2,2-3H3,(H,29,30)/b28-18-. The van der Waals surface area contributed by atoms with Crippen LogP contribution in [0.25, 0.3) is 10.2 Å². The molecule has 0 unspecified atom stereocenters. The fourth-order valence-corrected chi connectivity index (χ4v) is 4.28. The zero-order valence-electron chi connectivity index (χ0n) is 19.7. The van der Waals surface area contributed by atoms with Gasteiger partial charge in [-0.25, -0.2) is 4.98 Å². The monoisotopic (exact) mass is 489 g/mol. The number of thiazole rings is 1. The third-order valence-corrected chi connectivity index (χ3v) is 6.02. The first-order chi connectivity index (χ1) is 17.2. The topological polar surface area (TPSA) is 74.2 Å². The quantitative estimate of drug-likeness (QED) is 0.115. The highest BCUT2D eigenvalue weighted by Crippen LogP contribution is 2.38. The minimum Gasteiger partial charge on any atom is -0.493 e. The molecule has 0 atom stereocenters. The van der Waals surface area contributed by atoms with Crippen LogP contribution in [-0.2, 0) is 6.42 Å². The summed E-state index contributed by atoms with van der Waals surface area (Å²) in [7, 11) is 3.17. The zero-order valence-corrected chi connectivity index (χ0v) is 20.5. The molecule has 0 aliphatic carbocycles. The molecule has 0 aliphatic heterocycles. The molecule has 1 heterocycles. The predicted molar refractivity (Wildman–Crippen MR) is 142 cm³/mol. The van der Waals surface area contributed by atoms with Crippen molar-refractivity contribution < 1.29 is 18.9 Å². The molecule has 4 aromatic rings. The summed E-state index contributed by atoms with van der Waals surface area (Å²) in [5.41, 5.74) is 5.79. The van der Waals surface area contributed by atoms with Gasteiger partial charge in [0, 0.05) is 5.56 Å². The van der Waals surface area contributed by atoms with Gasteiger partial charge in [-0.05, 0) is 42.3 Å². The average molecular weight is 490 g/mol. The van der Waals surface area contributed by atoms with Crippen LogP contribution in [0.3, 0.4) is 0 Å². The number of ether oxygens (including phenoxy) is 4. The molecular formula is C27H27N3O4S. The number of methoxy groups -OCH3 is 2. The number of hydrazone groups is 1. The van der Waals surface area contributed by atoms with E-state index in [1.165, 1.54) is 0 Å². The van der Waals surface area contributed by atoms with Gasteiger partial charge >= 0.3 is 0 Å². The third-order valence-electron chi connectivity index (χ3n) is 5.07. The highest BCUT2D eigenvalue weighted by Gasteiger charge is 2.14. The van der Waals surface area contributed by atoms with E-state index in [4.69, 9.17) is 18.9 Å². The number of benzene rings is 3. The van der Waals surface area contributed by atoms with Crippen molar-refractivity contribution in [2.75, 3.05) is 32.9 Å². The second-order valence-electron chi connectivity index (χ2n) is 7.41. The summed E-state index contributed by atoms with van der Waals surface area (Å²) in [6.07, 6.45) is 4.28. The molecule has 1 aromatic heterocycles. The van der Waals surface area contributed by atoms with Crippen molar-refractivity contribution in [3.05, 3.63) is 84.4 Å². The van der Waals surface area contributed by atoms with E-state index in [9.17, 15) is 0 Å². The number of allylic oxidation sites excluding steroid dienone is 1. The second-order valence-corrected chi connectivity index (χ2v) is 8.44. The van der Waals surface area contributed by atoms with Crippen molar-refractivity contribution in [1.82, 2.24) is 4.98 Å². The Morgan fingerprint density at radius 2 is 1.66 bits per heavy atom. The molecule has 8 heteroatoms. The SMILES string of the molecule is C=CCc1ccccc1OCCOc1c(OC)cc(/C=N\Nc2nc3ccccc3s2)cc1OC. The molecular weight excluding hydrogens is 462 g/mol. The minimum absolute atomic E-state index is 0.321. The normalized spacial score (nSPS) is 10.9. The van der Waals surface area contributed by atoms with Gasteiger partial charge in [-0.3, -0.25) is 5.43 Å². The molecule has 0 saturated carbocycles. The molecule has 7 nitrogen and oxygen atoms in total. The number of hydrogen-bond donors (Lipinski definition) is 1. The van der Waals surface area contributed by atoms with E-state index in [0.29, 0.717) is 30.5 Å². The lowest BCUT2D eigenvalue weighted by molar-refractivity contribution is 0.204.